The molecule has 36 heavy (non-hydrogen) atoms. The summed E-state index contributed by atoms with van der Waals surface area (Å²) in [5.74, 6) is -0.869. The van der Waals surface area contributed by atoms with Crippen molar-refractivity contribution in [1.82, 2.24) is 0 Å². The van der Waals surface area contributed by atoms with Gasteiger partial charge in [-0.05, 0) is 74.2 Å². The third kappa shape index (κ3) is 4.47. The summed E-state index contributed by atoms with van der Waals surface area (Å²) in [6, 6.07) is 12.0. The fourth-order valence-corrected chi connectivity index (χ4v) is 6.57. The predicted octanol–water partition coefficient (Wildman–Crippen LogP) is 6.15. The monoisotopic (exact) mass is 504 g/mol. The Morgan fingerprint density at radius 1 is 1.14 bits per heavy atom. The first-order valence-corrected chi connectivity index (χ1v) is 13.0. The van der Waals surface area contributed by atoms with E-state index in [0.29, 0.717) is 35.3 Å². The lowest BCUT2D eigenvalue weighted by Crippen LogP contribution is -2.50. The zero-order chi connectivity index (χ0) is 25.6. The number of carbonyl (C=O) groups is 2. The lowest BCUT2D eigenvalue weighted by molar-refractivity contribution is 0.0601. The number of carbonyl (C=O) groups excluding carboxylic acids is 2. The highest BCUT2D eigenvalue weighted by molar-refractivity contribution is 6.43. The molecular formula is C29H30BClO5. The summed E-state index contributed by atoms with van der Waals surface area (Å²) in [5.41, 5.74) is 5.22. The summed E-state index contributed by atoms with van der Waals surface area (Å²) >= 11 is 6.31. The van der Waals surface area contributed by atoms with Gasteiger partial charge in [0.1, 0.15) is 5.75 Å². The third-order valence-corrected chi connectivity index (χ3v) is 8.36. The Balaban J connectivity index is 1.42. The maximum absolute atomic E-state index is 13.6. The number of benzene rings is 2. The Bertz CT molecular complexity index is 1280. The molecule has 1 aliphatic heterocycles. The van der Waals surface area contributed by atoms with E-state index in [9.17, 15) is 19.7 Å². The van der Waals surface area contributed by atoms with Crippen LogP contribution >= 0.6 is 11.6 Å². The maximum Gasteiger partial charge on any atom is 0.455 e. The van der Waals surface area contributed by atoms with E-state index in [1.54, 1.807) is 36.4 Å². The Morgan fingerprint density at radius 2 is 1.86 bits per heavy atom. The van der Waals surface area contributed by atoms with Gasteiger partial charge in [0.2, 0.25) is 0 Å². The molecular weight excluding hydrogens is 475 g/mol. The van der Waals surface area contributed by atoms with E-state index in [2.05, 4.69) is 6.92 Å². The largest absolute Gasteiger partial charge is 0.508 e. The maximum atomic E-state index is 13.6. The molecule has 0 radical (unpaired) electrons. The summed E-state index contributed by atoms with van der Waals surface area (Å²) < 4.78 is 6.04. The van der Waals surface area contributed by atoms with Gasteiger partial charge in [-0.2, -0.15) is 0 Å². The van der Waals surface area contributed by atoms with Crippen LogP contribution in [0.4, 0.5) is 0 Å². The Kier molecular flexibility index (Phi) is 6.95. The minimum Gasteiger partial charge on any atom is -0.508 e. The number of halogens is 1. The molecule has 5 rings (SSSR count). The van der Waals surface area contributed by atoms with Gasteiger partial charge in [0.05, 0.1) is 11.1 Å². The van der Waals surface area contributed by atoms with Crippen molar-refractivity contribution in [2.45, 2.75) is 52.0 Å². The van der Waals surface area contributed by atoms with E-state index in [4.69, 9.17) is 16.3 Å². The molecule has 1 heterocycles. The summed E-state index contributed by atoms with van der Waals surface area (Å²) in [6.07, 6.45) is 4.81. The van der Waals surface area contributed by atoms with E-state index in [1.807, 2.05) is 13.0 Å². The smallest absolute Gasteiger partial charge is 0.455 e. The fourth-order valence-electron chi connectivity index (χ4n) is 6.35. The first-order valence-electron chi connectivity index (χ1n) is 12.7. The number of Topliss-reactive ketones (excluding diaryl/α,β-unsaturated/α-hetero) is 2. The van der Waals surface area contributed by atoms with Gasteiger partial charge in [0, 0.05) is 23.0 Å². The second-order valence-corrected chi connectivity index (χ2v) is 10.6. The molecule has 4 atom stereocenters. The van der Waals surface area contributed by atoms with Crippen LogP contribution in [0.1, 0.15) is 65.8 Å². The van der Waals surface area contributed by atoms with Crippen LogP contribution in [0.15, 0.2) is 59.2 Å². The van der Waals surface area contributed by atoms with E-state index < -0.39 is 13.0 Å². The molecule has 0 amide bonds. The van der Waals surface area contributed by atoms with Gasteiger partial charge in [-0.25, -0.2) is 0 Å². The van der Waals surface area contributed by atoms with E-state index in [0.717, 1.165) is 29.6 Å². The van der Waals surface area contributed by atoms with Crippen LogP contribution in [0, 0.1) is 17.8 Å². The molecule has 0 unspecified atom stereocenters. The van der Waals surface area contributed by atoms with Crippen molar-refractivity contribution in [2.75, 3.05) is 0 Å². The molecule has 186 valence electrons. The van der Waals surface area contributed by atoms with Crippen molar-refractivity contribution >= 4 is 36.4 Å². The van der Waals surface area contributed by atoms with E-state index >= 15 is 0 Å². The molecule has 2 N–H and O–H groups in total. The number of phenols is 1. The molecule has 5 nitrogen and oxygen atoms in total. The average molecular weight is 505 g/mol. The van der Waals surface area contributed by atoms with Crippen LogP contribution in [0.5, 0.6) is 5.75 Å². The molecule has 0 bridgehead atoms. The first kappa shape index (κ1) is 25.0. The number of hydrogen-bond acceptors (Lipinski definition) is 5. The fraction of sp³-hybridized carbons (Fsp3) is 0.379. The minimum absolute atomic E-state index is 0.00849. The SMILES string of the molecule is CC/C(=C\c1ccc(O)cc1Cl)CC[C@H]1OB(O)C[C@H]2C1=C(C)C[C@H]1C(=O)c3ccccc3C(=O)[C@H]12. The van der Waals surface area contributed by atoms with Crippen LogP contribution in [-0.4, -0.2) is 34.9 Å². The lowest BCUT2D eigenvalue weighted by atomic mass is 9.54. The van der Waals surface area contributed by atoms with E-state index in [-0.39, 0.29) is 35.3 Å². The van der Waals surface area contributed by atoms with Crippen molar-refractivity contribution in [3.63, 3.8) is 0 Å². The summed E-state index contributed by atoms with van der Waals surface area (Å²) in [5, 5.41) is 20.8. The second kappa shape index (κ2) is 10.0. The summed E-state index contributed by atoms with van der Waals surface area (Å²) in [7, 11) is -0.976. The standard InChI is InChI=1S/C29H30BClO5/c1-3-17(13-18-9-10-19(32)14-24(18)31)8-11-25-26-16(2)12-22-27(23(26)15-30(35)36-25)29(34)21-7-5-4-6-20(21)28(22)33/h4-7,9-10,13-14,22-23,25,27,32,35H,3,8,11-12,15H2,1-2H3/b17-13+/t22-,23+,25-,27-/m1/s1. The molecule has 2 aliphatic carbocycles. The molecule has 0 aromatic heterocycles. The molecule has 3 aliphatic rings. The molecule has 7 heteroatoms. The topological polar surface area (TPSA) is 83.8 Å². The van der Waals surface area contributed by atoms with Gasteiger partial charge in [-0.15, -0.1) is 0 Å². The highest BCUT2D eigenvalue weighted by Crippen LogP contribution is 2.50. The molecule has 2 aromatic rings. The first-order chi connectivity index (χ1) is 17.3. The normalized spacial score (nSPS) is 26.0. The highest BCUT2D eigenvalue weighted by atomic mass is 35.5. The Morgan fingerprint density at radius 3 is 2.56 bits per heavy atom. The Labute approximate surface area is 217 Å². The van der Waals surface area contributed by atoms with Crippen molar-refractivity contribution < 1.29 is 24.4 Å². The summed E-state index contributed by atoms with van der Waals surface area (Å²) in [6.45, 7) is 4.12. The molecule has 1 saturated heterocycles. The van der Waals surface area contributed by atoms with Crippen molar-refractivity contribution in [3.8, 4) is 5.75 Å². The van der Waals surface area contributed by atoms with Gasteiger partial charge < -0.3 is 14.8 Å². The van der Waals surface area contributed by atoms with Crippen LogP contribution in [0.3, 0.4) is 0 Å². The number of allylic oxidation sites excluding steroid dienone is 2. The van der Waals surface area contributed by atoms with Crippen LogP contribution in [0.2, 0.25) is 11.3 Å². The van der Waals surface area contributed by atoms with Gasteiger partial charge >= 0.3 is 7.12 Å². The van der Waals surface area contributed by atoms with Crippen LogP contribution < -0.4 is 0 Å². The highest BCUT2D eigenvalue weighted by Gasteiger charge is 2.52. The number of rotatable bonds is 5. The number of phenolic OH excluding ortho intramolecular Hbond substituents is 1. The van der Waals surface area contributed by atoms with Gasteiger partial charge in [-0.3, -0.25) is 9.59 Å². The number of hydrogen-bond donors (Lipinski definition) is 2. The second-order valence-electron chi connectivity index (χ2n) is 10.2. The van der Waals surface area contributed by atoms with Crippen molar-refractivity contribution in [3.05, 3.63) is 80.9 Å². The zero-order valence-electron chi connectivity index (χ0n) is 20.5. The lowest BCUT2D eigenvalue weighted by Gasteiger charge is -2.47. The molecule has 1 fully saturated rings. The minimum atomic E-state index is -0.976. The zero-order valence-corrected chi connectivity index (χ0v) is 21.3. The third-order valence-electron chi connectivity index (χ3n) is 8.03. The van der Waals surface area contributed by atoms with Crippen LogP contribution in [-0.2, 0) is 4.65 Å². The number of fused-ring (bicyclic) bond motifs is 4. The van der Waals surface area contributed by atoms with Crippen LogP contribution in [0.25, 0.3) is 6.08 Å². The molecule has 0 spiro atoms. The van der Waals surface area contributed by atoms with Gasteiger partial charge in [0.15, 0.2) is 11.6 Å². The van der Waals surface area contributed by atoms with E-state index in [1.165, 1.54) is 11.6 Å². The summed E-state index contributed by atoms with van der Waals surface area (Å²) in [4.78, 5) is 27.0. The van der Waals surface area contributed by atoms with Gasteiger partial charge in [-0.1, -0.05) is 60.0 Å². The molecule has 2 aromatic carbocycles. The Hall–Kier alpha value is -2.67. The average Bonchev–Trinajstić information content (AvgIpc) is 2.85. The van der Waals surface area contributed by atoms with Crippen molar-refractivity contribution in [2.24, 2.45) is 17.8 Å². The predicted molar refractivity (Wildman–Crippen MR) is 141 cm³/mol. The number of aromatic hydroxyl groups is 1. The quantitative estimate of drug-likeness (QED) is 0.377. The number of ketones is 2. The van der Waals surface area contributed by atoms with Gasteiger partial charge in [0.25, 0.3) is 0 Å². The van der Waals surface area contributed by atoms with Crippen molar-refractivity contribution in [1.29, 1.82) is 0 Å². The molecule has 0 saturated carbocycles.